The number of hydrogen-bond donors (Lipinski definition) is 3. The number of methoxy groups -OCH3 is 2. The Kier molecular flexibility index (Phi) is 14.3. The molecule has 3 amide bonds. The third kappa shape index (κ3) is 9.38. The number of imidazole rings is 2. The van der Waals surface area contributed by atoms with Gasteiger partial charge in [0.15, 0.2) is 11.6 Å². The smallest absolute Gasteiger partial charge is 0.407 e. The van der Waals surface area contributed by atoms with Crippen LogP contribution in [0.5, 0.6) is 0 Å². The fourth-order valence-corrected chi connectivity index (χ4v) is 11.9. The molecule has 0 bridgehead atoms. The van der Waals surface area contributed by atoms with Gasteiger partial charge < -0.3 is 44.4 Å². The van der Waals surface area contributed by atoms with E-state index in [0.717, 1.165) is 6.42 Å². The van der Waals surface area contributed by atoms with Crippen LogP contribution >= 0.6 is 0 Å². The second kappa shape index (κ2) is 20.8. The molecule has 0 unspecified atom stereocenters. The number of piperidine rings is 1. The predicted octanol–water partition coefficient (Wildman–Crippen LogP) is 10.6. The van der Waals surface area contributed by atoms with Crippen LogP contribution in [0.4, 0.5) is 42.5 Å². The van der Waals surface area contributed by atoms with Crippen LogP contribution in [0.15, 0.2) is 54.6 Å². The summed E-state index contributed by atoms with van der Waals surface area (Å²) in [5.41, 5.74) is 1.52. The van der Waals surface area contributed by atoms with E-state index >= 15 is 17.6 Å². The lowest BCUT2D eigenvalue weighted by atomic mass is 9.88. The number of hydrogen-bond acceptors (Lipinski definition) is 9. The summed E-state index contributed by atoms with van der Waals surface area (Å²) >= 11 is 0. The van der Waals surface area contributed by atoms with Crippen LogP contribution in [-0.4, -0.2) is 100 Å². The maximum atomic E-state index is 16.9. The van der Waals surface area contributed by atoms with E-state index in [1.165, 1.54) is 61.6 Å². The fraction of sp³-hybridized carbons (Fsp3) is 0.463. The fourth-order valence-electron chi connectivity index (χ4n) is 11.9. The van der Waals surface area contributed by atoms with E-state index in [1.807, 2.05) is 6.92 Å². The number of alkyl carbamates (subject to hydrolysis) is 1. The summed E-state index contributed by atoms with van der Waals surface area (Å²) in [6, 6.07) is 8.08. The summed E-state index contributed by atoms with van der Waals surface area (Å²) in [5.74, 6) is -4.42. The van der Waals surface area contributed by atoms with Gasteiger partial charge in [0.05, 0.1) is 59.4 Å². The molecule has 14 nitrogen and oxygen atoms in total. The number of nitrogens with one attached hydrogen (secondary N) is 3. The molecule has 4 aromatic carbocycles. The lowest BCUT2D eigenvalue weighted by molar-refractivity contribution is -0.137. The first kappa shape index (κ1) is 50.7. The Bertz CT molecular complexity index is 3060. The zero-order chi connectivity index (χ0) is 52.1. The molecule has 74 heavy (non-hydrogen) atoms. The van der Waals surface area contributed by atoms with Crippen molar-refractivity contribution in [1.82, 2.24) is 35.1 Å². The van der Waals surface area contributed by atoms with Gasteiger partial charge in [-0.2, -0.15) is 0 Å². The van der Waals surface area contributed by atoms with E-state index in [0.29, 0.717) is 78.9 Å². The second-order valence-electron chi connectivity index (χ2n) is 19.9. The van der Waals surface area contributed by atoms with Crippen molar-refractivity contribution in [3.05, 3.63) is 118 Å². The largest absolute Gasteiger partial charge is 0.453 e. The molecule has 3 N–H and O–H groups in total. The number of ether oxygens (including phenoxy) is 2. The average Bonchev–Trinajstić information content (AvgIpc) is 4.25. The van der Waals surface area contributed by atoms with Crippen molar-refractivity contribution in [2.75, 3.05) is 50.2 Å². The zero-order valence-electron chi connectivity index (χ0n) is 41.6. The van der Waals surface area contributed by atoms with Gasteiger partial charge in [0.2, 0.25) is 11.8 Å². The van der Waals surface area contributed by atoms with E-state index in [4.69, 9.17) is 19.4 Å². The van der Waals surface area contributed by atoms with Gasteiger partial charge in [0, 0.05) is 62.1 Å². The number of nitrogens with zero attached hydrogens (tertiary/aromatic N) is 6. The molecule has 6 heterocycles. The molecule has 4 saturated heterocycles. The highest BCUT2D eigenvalue weighted by molar-refractivity contribution is 5.87. The number of aromatic amines is 2. The van der Waals surface area contributed by atoms with E-state index < -0.39 is 83.1 Å². The Morgan fingerprint density at radius 3 is 1.76 bits per heavy atom. The standard InChI is InChI=1S/C54H59F6N9O5/c1-5-9-47(70)67-18-7-12-45(67)51-61-39-24-31(35(57)26-41(39)63-51)43-14-15-44(69(43)30-22-37(59)50(38(60)23-30)66-20-16-29(17-21-66)48-33(55)10-6-11-34(48)56)32-25-40-42(27-36(32)58)64-52(62-40)46-13-8-19-68(46)53(71)49(28(2)73-3)65-54(72)74-4/h6,10-11,22-29,43-46,49H,5,7-9,12-21H2,1-4H3,(H,61,63)(H,62,64)(H,65,72)/t28-,43-,44-,45+,46+,49+/m1/s1. The number of rotatable bonds is 13. The highest BCUT2D eigenvalue weighted by atomic mass is 19.2. The molecule has 2 aromatic heterocycles. The van der Waals surface area contributed by atoms with Crippen molar-refractivity contribution in [3.63, 3.8) is 0 Å². The van der Waals surface area contributed by atoms with Crippen LogP contribution in [0.25, 0.3) is 22.1 Å². The summed E-state index contributed by atoms with van der Waals surface area (Å²) in [6.07, 6.45) is 3.14. The molecule has 0 radical (unpaired) electrons. The van der Waals surface area contributed by atoms with Crippen molar-refractivity contribution in [1.29, 1.82) is 0 Å². The van der Waals surface area contributed by atoms with Crippen molar-refractivity contribution in [2.45, 2.75) is 120 Å². The van der Waals surface area contributed by atoms with Crippen LogP contribution in [-0.2, 0) is 19.1 Å². The first-order chi connectivity index (χ1) is 35.7. The Labute approximate surface area is 423 Å². The highest BCUT2D eigenvalue weighted by Gasteiger charge is 2.42. The Morgan fingerprint density at radius 2 is 1.23 bits per heavy atom. The Hall–Kier alpha value is -6.83. The number of anilines is 2. The summed E-state index contributed by atoms with van der Waals surface area (Å²) in [5, 5.41) is 2.57. The molecule has 4 aliphatic rings. The van der Waals surface area contributed by atoms with Gasteiger partial charge >= 0.3 is 6.09 Å². The van der Waals surface area contributed by atoms with Gasteiger partial charge in [-0.3, -0.25) is 9.59 Å². The van der Waals surface area contributed by atoms with E-state index in [-0.39, 0.29) is 78.8 Å². The predicted molar refractivity (Wildman–Crippen MR) is 264 cm³/mol. The number of aromatic nitrogens is 4. The third-order valence-corrected chi connectivity index (χ3v) is 15.6. The summed E-state index contributed by atoms with van der Waals surface area (Å²) in [6.45, 7) is 4.76. The molecule has 6 aromatic rings. The minimum absolute atomic E-state index is 0.0192. The molecule has 0 spiro atoms. The molecule has 0 aliphatic carbocycles. The van der Waals surface area contributed by atoms with Crippen molar-refractivity contribution in [3.8, 4) is 0 Å². The average molecular weight is 1030 g/mol. The number of H-pyrrole nitrogens is 2. The molecule has 392 valence electrons. The lowest BCUT2D eigenvalue weighted by Gasteiger charge is -2.36. The van der Waals surface area contributed by atoms with Crippen molar-refractivity contribution in [2.24, 2.45) is 0 Å². The first-order valence-corrected chi connectivity index (χ1v) is 25.5. The molecular weight excluding hydrogens is 969 g/mol. The maximum Gasteiger partial charge on any atom is 0.407 e. The molecule has 0 saturated carbocycles. The Morgan fingerprint density at radius 1 is 0.689 bits per heavy atom. The van der Waals surface area contributed by atoms with Crippen molar-refractivity contribution < 1.29 is 50.2 Å². The Balaban J connectivity index is 1.00. The number of amides is 3. The lowest BCUT2D eigenvalue weighted by Crippen LogP contribution is -2.54. The molecule has 4 fully saturated rings. The maximum absolute atomic E-state index is 16.9. The quantitative estimate of drug-likeness (QED) is 0.0960. The van der Waals surface area contributed by atoms with Crippen LogP contribution in [0.3, 0.4) is 0 Å². The minimum atomic E-state index is -1.07. The second-order valence-corrected chi connectivity index (χ2v) is 19.9. The summed E-state index contributed by atoms with van der Waals surface area (Å²) in [4.78, 5) is 62.0. The van der Waals surface area contributed by atoms with Gasteiger partial charge in [0.25, 0.3) is 0 Å². The third-order valence-electron chi connectivity index (χ3n) is 15.6. The SMILES string of the molecule is CCCC(=O)N1CCC[C@H]1c1nc2cc([C@H]3CC[C@H](c4cc5nc([C@@H]6CCCN6C(=O)[C@@H](NC(=O)OC)[C@@H](C)OC)[nH]c5cc4F)N3c3cc(F)c(N4CCC(c5c(F)cccc5F)CC4)c(F)c3)c(F)cc2[nH]1. The van der Waals surface area contributed by atoms with Crippen LogP contribution in [0, 0.1) is 34.9 Å². The summed E-state index contributed by atoms with van der Waals surface area (Å²) in [7, 11) is 2.61. The van der Waals surface area contributed by atoms with Crippen LogP contribution in [0.2, 0.25) is 0 Å². The normalized spacial score (nSPS) is 21.3. The molecule has 20 heteroatoms. The summed E-state index contributed by atoms with van der Waals surface area (Å²) < 4.78 is 107. The monoisotopic (exact) mass is 1030 g/mol. The molecule has 4 aliphatic heterocycles. The number of likely N-dealkylation sites (tertiary alicyclic amines) is 2. The van der Waals surface area contributed by atoms with Gasteiger partial charge in [-0.1, -0.05) is 13.0 Å². The zero-order valence-corrected chi connectivity index (χ0v) is 41.6. The van der Waals surface area contributed by atoms with Crippen LogP contribution in [0.1, 0.15) is 136 Å². The molecular formula is C54H59F6N9O5. The van der Waals surface area contributed by atoms with E-state index in [9.17, 15) is 23.2 Å². The number of carbonyl (C=O) groups is 3. The number of fused-ring (bicyclic) bond motifs is 2. The highest BCUT2D eigenvalue weighted by Crippen LogP contribution is 2.50. The van der Waals surface area contributed by atoms with Gasteiger partial charge in [0.1, 0.15) is 46.6 Å². The topological polar surface area (TPSA) is 152 Å². The molecule has 6 atom stereocenters. The van der Waals surface area contributed by atoms with E-state index in [2.05, 4.69) is 15.3 Å². The van der Waals surface area contributed by atoms with Gasteiger partial charge in [-0.25, -0.2) is 41.1 Å². The van der Waals surface area contributed by atoms with E-state index in [1.54, 1.807) is 33.8 Å². The number of carbonyl (C=O) groups excluding carboxylic acids is 3. The van der Waals surface area contributed by atoms with Gasteiger partial charge in [-0.15, -0.1) is 0 Å². The number of benzene rings is 4. The van der Waals surface area contributed by atoms with Gasteiger partial charge in [-0.05, 0) is 119 Å². The minimum Gasteiger partial charge on any atom is -0.453 e. The number of halogens is 6. The first-order valence-electron chi connectivity index (χ1n) is 25.5. The van der Waals surface area contributed by atoms with Crippen molar-refractivity contribution >= 4 is 51.3 Å². The van der Waals surface area contributed by atoms with Crippen LogP contribution < -0.4 is 15.1 Å². The molecule has 10 rings (SSSR count).